The van der Waals surface area contributed by atoms with Crippen molar-refractivity contribution in [3.05, 3.63) is 37.2 Å². The Bertz CT molecular complexity index is 237. The van der Waals surface area contributed by atoms with Gasteiger partial charge in [-0.25, -0.2) is 0 Å². The van der Waals surface area contributed by atoms with Crippen molar-refractivity contribution in [1.29, 1.82) is 0 Å². The predicted octanol–water partition coefficient (Wildman–Crippen LogP) is 3.05. The van der Waals surface area contributed by atoms with Crippen LogP contribution in [0.5, 0.6) is 0 Å². The van der Waals surface area contributed by atoms with E-state index >= 15 is 0 Å². The van der Waals surface area contributed by atoms with E-state index in [2.05, 4.69) is 30.4 Å². The molecule has 0 saturated carbocycles. The van der Waals surface area contributed by atoms with Gasteiger partial charge in [-0.2, -0.15) is 0 Å². The van der Waals surface area contributed by atoms with Crippen molar-refractivity contribution in [1.82, 2.24) is 5.32 Å². The molecule has 0 atom stereocenters. The fourth-order valence-corrected chi connectivity index (χ4v) is 0.920. The van der Waals surface area contributed by atoms with E-state index in [-0.39, 0.29) is 0 Å². The highest BCUT2D eigenvalue weighted by molar-refractivity contribution is 5.84. The van der Waals surface area contributed by atoms with E-state index < -0.39 is 0 Å². The van der Waals surface area contributed by atoms with Crippen LogP contribution in [-0.2, 0) is 0 Å². The van der Waals surface area contributed by atoms with Crippen molar-refractivity contribution in [3.63, 3.8) is 0 Å². The van der Waals surface area contributed by atoms with Gasteiger partial charge in [-0.1, -0.05) is 32.6 Å². The van der Waals surface area contributed by atoms with Crippen molar-refractivity contribution >= 4 is 5.71 Å². The molecule has 0 spiro atoms. The summed E-state index contributed by atoms with van der Waals surface area (Å²) in [5, 5.41) is 3.23. The predicted molar refractivity (Wildman–Crippen MR) is 64.5 cm³/mol. The minimum atomic E-state index is 0.764. The number of hydrogen-bond acceptors (Lipinski definition) is 2. The standard InChI is InChI=1S/C12H20N2/c1-5-7-9-13-12(4)10-14-11(3)8-6-2/h5,7,9,14H,1,3,6,8,10H2,2,4H3/b9-7-,13-12+. The molecular formula is C12H20N2. The summed E-state index contributed by atoms with van der Waals surface area (Å²) in [7, 11) is 0. The molecule has 0 bridgehead atoms. The van der Waals surface area contributed by atoms with Crippen LogP contribution in [-0.4, -0.2) is 12.3 Å². The third-order valence-electron chi connectivity index (χ3n) is 1.66. The number of allylic oxidation sites excluding steroid dienone is 3. The minimum Gasteiger partial charge on any atom is -0.384 e. The molecule has 0 unspecified atom stereocenters. The summed E-state index contributed by atoms with van der Waals surface area (Å²) >= 11 is 0. The van der Waals surface area contributed by atoms with Crippen LogP contribution in [0.1, 0.15) is 26.7 Å². The highest BCUT2D eigenvalue weighted by Gasteiger charge is 1.92. The number of nitrogens with zero attached hydrogens (tertiary/aromatic N) is 1. The van der Waals surface area contributed by atoms with Gasteiger partial charge in [0.05, 0.1) is 6.54 Å². The third-order valence-corrected chi connectivity index (χ3v) is 1.66. The normalized spacial score (nSPS) is 11.7. The summed E-state index contributed by atoms with van der Waals surface area (Å²) in [5.74, 6) is 0. The second-order valence-corrected chi connectivity index (χ2v) is 3.15. The Morgan fingerprint density at radius 1 is 1.50 bits per heavy atom. The smallest absolute Gasteiger partial charge is 0.0528 e. The number of hydrogen-bond donors (Lipinski definition) is 1. The summed E-state index contributed by atoms with van der Waals surface area (Å²) in [4.78, 5) is 4.21. The van der Waals surface area contributed by atoms with Crippen molar-refractivity contribution in [2.75, 3.05) is 6.54 Å². The molecule has 0 aromatic carbocycles. The Labute approximate surface area is 87.1 Å². The van der Waals surface area contributed by atoms with Gasteiger partial charge in [0, 0.05) is 17.6 Å². The van der Waals surface area contributed by atoms with Crippen molar-refractivity contribution < 1.29 is 0 Å². The lowest BCUT2D eigenvalue weighted by molar-refractivity contribution is 0.798. The van der Waals surface area contributed by atoms with Gasteiger partial charge in [-0.05, 0) is 19.4 Å². The molecular weight excluding hydrogens is 172 g/mol. The highest BCUT2D eigenvalue weighted by Crippen LogP contribution is 1.96. The first-order valence-corrected chi connectivity index (χ1v) is 4.93. The Morgan fingerprint density at radius 3 is 2.79 bits per heavy atom. The molecule has 78 valence electrons. The zero-order valence-electron chi connectivity index (χ0n) is 9.21. The first-order chi connectivity index (χ1) is 6.70. The van der Waals surface area contributed by atoms with Gasteiger partial charge in [-0.3, -0.25) is 4.99 Å². The lowest BCUT2D eigenvalue weighted by atomic mass is 10.2. The maximum Gasteiger partial charge on any atom is 0.0528 e. The van der Waals surface area contributed by atoms with E-state index in [1.54, 1.807) is 12.3 Å². The van der Waals surface area contributed by atoms with Gasteiger partial charge in [-0.15, -0.1) is 0 Å². The quantitative estimate of drug-likeness (QED) is 0.486. The van der Waals surface area contributed by atoms with E-state index in [1.165, 1.54) is 0 Å². The van der Waals surface area contributed by atoms with Crippen molar-refractivity contribution in [2.24, 2.45) is 4.99 Å². The van der Waals surface area contributed by atoms with Crippen LogP contribution >= 0.6 is 0 Å². The molecule has 2 heteroatoms. The molecule has 0 aliphatic heterocycles. The van der Waals surface area contributed by atoms with Crippen LogP contribution < -0.4 is 5.32 Å². The monoisotopic (exact) mass is 192 g/mol. The average Bonchev–Trinajstić information content (AvgIpc) is 2.16. The summed E-state index contributed by atoms with van der Waals surface area (Å²) < 4.78 is 0. The lowest BCUT2D eigenvalue weighted by Crippen LogP contribution is -2.19. The summed E-state index contributed by atoms with van der Waals surface area (Å²) in [6, 6.07) is 0. The van der Waals surface area contributed by atoms with Gasteiger partial charge in [0.1, 0.15) is 0 Å². The fraction of sp³-hybridized carbons (Fsp3) is 0.417. The van der Waals surface area contributed by atoms with Crippen molar-refractivity contribution in [3.8, 4) is 0 Å². The Hall–Kier alpha value is -1.31. The lowest BCUT2D eigenvalue weighted by Gasteiger charge is -2.07. The van der Waals surface area contributed by atoms with Gasteiger partial charge in [0.15, 0.2) is 0 Å². The SMILES string of the molecule is C=C/C=C\N=C(/C)CNC(=C)CCC. The first kappa shape index (κ1) is 12.7. The van der Waals surface area contributed by atoms with Crippen LogP contribution in [0.25, 0.3) is 0 Å². The van der Waals surface area contributed by atoms with Gasteiger partial charge >= 0.3 is 0 Å². The van der Waals surface area contributed by atoms with Crippen molar-refractivity contribution in [2.45, 2.75) is 26.7 Å². The van der Waals surface area contributed by atoms with Crippen LogP contribution in [0.3, 0.4) is 0 Å². The molecule has 0 aromatic rings. The molecule has 0 aliphatic carbocycles. The van der Waals surface area contributed by atoms with E-state index in [9.17, 15) is 0 Å². The maximum absolute atomic E-state index is 4.21. The molecule has 0 heterocycles. The number of nitrogens with one attached hydrogen (secondary N) is 1. The first-order valence-electron chi connectivity index (χ1n) is 4.93. The van der Waals surface area contributed by atoms with Gasteiger partial charge in [0.2, 0.25) is 0 Å². The second kappa shape index (κ2) is 8.30. The Kier molecular flexibility index (Phi) is 7.52. The molecule has 0 saturated heterocycles. The van der Waals surface area contributed by atoms with Crippen LogP contribution in [0, 0.1) is 0 Å². The van der Waals surface area contributed by atoms with E-state index in [4.69, 9.17) is 0 Å². The third kappa shape index (κ3) is 7.35. The van der Waals surface area contributed by atoms with Gasteiger partial charge in [0.25, 0.3) is 0 Å². The maximum atomic E-state index is 4.21. The summed E-state index contributed by atoms with van der Waals surface area (Å²) in [6.45, 7) is 12.4. The molecule has 14 heavy (non-hydrogen) atoms. The topological polar surface area (TPSA) is 24.4 Å². The fourth-order valence-electron chi connectivity index (χ4n) is 0.920. The molecule has 0 rings (SSSR count). The Morgan fingerprint density at radius 2 is 2.21 bits per heavy atom. The average molecular weight is 192 g/mol. The van der Waals surface area contributed by atoms with E-state index in [1.807, 2.05) is 13.0 Å². The van der Waals surface area contributed by atoms with Crippen LogP contribution in [0.2, 0.25) is 0 Å². The van der Waals surface area contributed by atoms with Crippen LogP contribution in [0.15, 0.2) is 42.2 Å². The molecule has 2 nitrogen and oxygen atoms in total. The highest BCUT2D eigenvalue weighted by atomic mass is 14.9. The van der Waals surface area contributed by atoms with E-state index in [0.29, 0.717) is 0 Å². The zero-order chi connectivity index (χ0) is 10.8. The number of aliphatic imine (C=N–C) groups is 1. The number of rotatable bonds is 7. The van der Waals surface area contributed by atoms with Gasteiger partial charge < -0.3 is 5.32 Å². The minimum absolute atomic E-state index is 0.764. The largest absolute Gasteiger partial charge is 0.384 e. The Balaban J connectivity index is 3.77. The molecule has 0 amide bonds. The van der Waals surface area contributed by atoms with Crippen LogP contribution in [0.4, 0.5) is 0 Å². The summed E-state index contributed by atoms with van der Waals surface area (Å²) in [5.41, 5.74) is 2.12. The molecule has 1 N–H and O–H groups in total. The summed E-state index contributed by atoms with van der Waals surface area (Å²) in [6.07, 6.45) is 7.41. The second-order valence-electron chi connectivity index (χ2n) is 3.15. The molecule has 0 aliphatic rings. The molecule has 0 aromatic heterocycles. The molecule has 0 radical (unpaired) electrons. The van der Waals surface area contributed by atoms with E-state index in [0.717, 1.165) is 30.8 Å². The zero-order valence-corrected chi connectivity index (χ0v) is 9.21. The molecule has 0 fully saturated rings.